The zero-order valence-electron chi connectivity index (χ0n) is 16.4. The van der Waals surface area contributed by atoms with E-state index in [1.807, 2.05) is 6.92 Å². The van der Waals surface area contributed by atoms with Crippen LogP contribution in [0.15, 0.2) is 6.07 Å². The lowest BCUT2D eigenvalue weighted by atomic mass is 9.85. The van der Waals surface area contributed by atoms with Crippen LogP contribution in [0.5, 0.6) is 5.75 Å². The van der Waals surface area contributed by atoms with Gasteiger partial charge in [0.25, 0.3) is 0 Å². The summed E-state index contributed by atoms with van der Waals surface area (Å²) < 4.78 is 39.8. The average Bonchev–Trinajstić information content (AvgIpc) is 2.67. The standard InChI is InChI=1S/C22H30F2O3/c1-3-5-14-7-10-17(11-8-14)26-22(25)18-12-9-16-13-15(6-4-2)19(23)20(24)21(16)27-18/h13-14,17-18H,3-12H2,1-2H3. The van der Waals surface area contributed by atoms with Crippen LogP contribution in [0.4, 0.5) is 8.78 Å². The molecule has 1 saturated carbocycles. The molecule has 1 heterocycles. The van der Waals surface area contributed by atoms with Crippen molar-refractivity contribution in [1.82, 2.24) is 0 Å². The molecule has 5 heteroatoms. The summed E-state index contributed by atoms with van der Waals surface area (Å²) in [5.74, 6) is -1.67. The number of ether oxygens (including phenoxy) is 2. The fraction of sp³-hybridized carbons (Fsp3) is 0.682. The maximum atomic E-state index is 14.4. The number of benzene rings is 1. The number of carbonyl (C=O) groups is 1. The molecule has 0 amide bonds. The highest BCUT2D eigenvalue weighted by atomic mass is 19.2. The molecule has 1 aliphatic heterocycles. The largest absolute Gasteiger partial charge is 0.475 e. The lowest BCUT2D eigenvalue weighted by Gasteiger charge is -2.31. The third-order valence-corrected chi connectivity index (χ3v) is 5.81. The van der Waals surface area contributed by atoms with Gasteiger partial charge >= 0.3 is 5.97 Å². The molecule has 3 rings (SSSR count). The van der Waals surface area contributed by atoms with Gasteiger partial charge in [-0.1, -0.05) is 33.1 Å². The Balaban J connectivity index is 1.61. The first-order valence-electron chi connectivity index (χ1n) is 10.4. The van der Waals surface area contributed by atoms with Crippen LogP contribution in [0.25, 0.3) is 0 Å². The van der Waals surface area contributed by atoms with Crippen LogP contribution in [0, 0.1) is 17.6 Å². The van der Waals surface area contributed by atoms with E-state index in [9.17, 15) is 13.6 Å². The van der Waals surface area contributed by atoms with Gasteiger partial charge in [0, 0.05) is 0 Å². The van der Waals surface area contributed by atoms with Crippen molar-refractivity contribution in [3.63, 3.8) is 0 Å². The number of fused-ring (bicyclic) bond motifs is 1. The van der Waals surface area contributed by atoms with Crippen molar-refractivity contribution in [2.45, 2.75) is 90.3 Å². The molecule has 0 aromatic heterocycles. The number of aryl methyl sites for hydroxylation is 2. The lowest BCUT2D eigenvalue weighted by Crippen LogP contribution is -2.36. The minimum absolute atomic E-state index is 0.0795. The molecular weight excluding hydrogens is 350 g/mol. The molecule has 1 unspecified atom stereocenters. The first kappa shape index (κ1) is 20.1. The minimum Gasteiger partial charge on any atom is -0.475 e. The highest BCUT2D eigenvalue weighted by Gasteiger charge is 2.33. The summed E-state index contributed by atoms with van der Waals surface area (Å²) in [5, 5.41) is 0. The van der Waals surface area contributed by atoms with Gasteiger partial charge in [0.15, 0.2) is 17.7 Å². The summed E-state index contributed by atoms with van der Waals surface area (Å²) in [4.78, 5) is 12.5. The molecule has 0 saturated heterocycles. The van der Waals surface area contributed by atoms with E-state index < -0.39 is 23.7 Å². The Bertz CT molecular complexity index is 666. The first-order chi connectivity index (χ1) is 13.0. The van der Waals surface area contributed by atoms with Crippen LogP contribution in [0.2, 0.25) is 0 Å². The van der Waals surface area contributed by atoms with Crippen molar-refractivity contribution >= 4 is 5.97 Å². The van der Waals surface area contributed by atoms with Crippen LogP contribution in [-0.2, 0) is 22.4 Å². The number of carbonyl (C=O) groups excluding carboxylic acids is 1. The Morgan fingerprint density at radius 1 is 1.11 bits per heavy atom. The van der Waals surface area contributed by atoms with E-state index in [-0.39, 0.29) is 11.9 Å². The summed E-state index contributed by atoms with van der Waals surface area (Å²) in [6.07, 6.45) is 7.57. The molecule has 0 spiro atoms. The molecule has 0 radical (unpaired) electrons. The molecule has 1 atom stereocenters. The number of hydrogen-bond acceptors (Lipinski definition) is 3. The Labute approximate surface area is 160 Å². The van der Waals surface area contributed by atoms with E-state index in [1.165, 1.54) is 12.8 Å². The summed E-state index contributed by atoms with van der Waals surface area (Å²) >= 11 is 0. The monoisotopic (exact) mass is 380 g/mol. The van der Waals surface area contributed by atoms with Crippen LogP contribution >= 0.6 is 0 Å². The van der Waals surface area contributed by atoms with Gasteiger partial charge in [0.1, 0.15) is 6.10 Å². The van der Waals surface area contributed by atoms with Crippen LogP contribution in [0.1, 0.15) is 76.3 Å². The van der Waals surface area contributed by atoms with Crippen molar-refractivity contribution in [2.75, 3.05) is 0 Å². The average molecular weight is 380 g/mol. The van der Waals surface area contributed by atoms with Gasteiger partial charge in [-0.3, -0.25) is 0 Å². The predicted octanol–water partition coefficient (Wildman–Crippen LogP) is 5.51. The second-order valence-electron chi connectivity index (χ2n) is 7.92. The van der Waals surface area contributed by atoms with Crippen LogP contribution < -0.4 is 4.74 Å². The van der Waals surface area contributed by atoms with E-state index in [4.69, 9.17) is 9.47 Å². The number of halogens is 2. The molecular formula is C22H30F2O3. The normalized spacial score (nSPS) is 24.8. The number of rotatable bonds is 6. The second kappa shape index (κ2) is 9.03. The lowest BCUT2D eigenvalue weighted by molar-refractivity contribution is -0.160. The maximum absolute atomic E-state index is 14.4. The van der Waals surface area contributed by atoms with Gasteiger partial charge in [0.2, 0.25) is 5.82 Å². The summed E-state index contributed by atoms with van der Waals surface area (Å²) in [6.45, 7) is 4.12. The van der Waals surface area contributed by atoms with E-state index in [0.29, 0.717) is 30.4 Å². The second-order valence-corrected chi connectivity index (χ2v) is 7.92. The molecule has 0 N–H and O–H groups in total. The van der Waals surface area contributed by atoms with Crippen LogP contribution in [0.3, 0.4) is 0 Å². The fourth-order valence-electron chi connectivity index (χ4n) is 4.33. The maximum Gasteiger partial charge on any atom is 0.347 e. The molecule has 3 nitrogen and oxygen atoms in total. The Morgan fingerprint density at radius 2 is 1.85 bits per heavy atom. The molecule has 150 valence electrons. The fourth-order valence-corrected chi connectivity index (χ4v) is 4.33. The van der Waals surface area contributed by atoms with Crippen LogP contribution in [-0.4, -0.2) is 18.2 Å². The summed E-state index contributed by atoms with van der Waals surface area (Å²) in [7, 11) is 0. The van der Waals surface area contributed by atoms with Gasteiger partial charge in [-0.25, -0.2) is 9.18 Å². The molecule has 2 aliphatic rings. The highest BCUT2D eigenvalue weighted by molar-refractivity contribution is 5.76. The molecule has 1 fully saturated rings. The van der Waals surface area contributed by atoms with E-state index in [2.05, 4.69) is 6.92 Å². The smallest absolute Gasteiger partial charge is 0.347 e. The predicted molar refractivity (Wildman–Crippen MR) is 99.8 cm³/mol. The number of esters is 1. The minimum atomic E-state index is -0.978. The molecule has 1 aromatic rings. The molecule has 1 aliphatic carbocycles. The van der Waals surface area contributed by atoms with Gasteiger partial charge in [0.05, 0.1) is 0 Å². The van der Waals surface area contributed by atoms with E-state index in [0.717, 1.165) is 38.0 Å². The third kappa shape index (κ3) is 4.61. The van der Waals surface area contributed by atoms with Gasteiger partial charge in [-0.05, 0) is 68.1 Å². The summed E-state index contributed by atoms with van der Waals surface area (Å²) in [6, 6.07) is 1.67. The quantitative estimate of drug-likeness (QED) is 0.610. The topological polar surface area (TPSA) is 35.5 Å². The van der Waals surface area contributed by atoms with Crippen molar-refractivity contribution in [3.8, 4) is 5.75 Å². The first-order valence-corrected chi connectivity index (χ1v) is 10.4. The number of hydrogen-bond donors (Lipinski definition) is 0. The molecule has 0 bridgehead atoms. The zero-order chi connectivity index (χ0) is 19.4. The SMILES string of the molecule is CCCc1cc2c(c(F)c1F)OC(C(=O)OC1CCC(CCC)CC1)CC2. The van der Waals surface area contributed by atoms with Crippen molar-refractivity contribution in [1.29, 1.82) is 0 Å². The van der Waals surface area contributed by atoms with Crippen molar-refractivity contribution in [3.05, 3.63) is 28.8 Å². The van der Waals surface area contributed by atoms with Crippen molar-refractivity contribution < 1.29 is 23.0 Å². The van der Waals surface area contributed by atoms with Gasteiger partial charge in [-0.2, -0.15) is 4.39 Å². The Kier molecular flexibility index (Phi) is 6.72. The summed E-state index contributed by atoms with van der Waals surface area (Å²) in [5.41, 5.74) is 1.02. The Hall–Kier alpha value is -1.65. The zero-order valence-corrected chi connectivity index (χ0v) is 16.4. The molecule has 1 aromatic carbocycles. The third-order valence-electron chi connectivity index (χ3n) is 5.81. The van der Waals surface area contributed by atoms with E-state index >= 15 is 0 Å². The van der Waals surface area contributed by atoms with Crippen molar-refractivity contribution in [2.24, 2.45) is 5.92 Å². The van der Waals surface area contributed by atoms with E-state index in [1.54, 1.807) is 6.07 Å². The van der Waals surface area contributed by atoms with Gasteiger partial charge < -0.3 is 9.47 Å². The highest BCUT2D eigenvalue weighted by Crippen LogP contribution is 2.35. The molecule has 27 heavy (non-hydrogen) atoms. The Morgan fingerprint density at radius 3 is 2.52 bits per heavy atom. The van der Waals surface area contributed by atoms with Gasteiger partial charge in [-0.15, -0.1) is 0 Å².